The molecule has 0 heterocycles. The number of hydrogen-bond donors (Lipinski definition) is 0. The molecular weight excluding hydrogens is 240 g/mol. The summed E-state index contributed by atoms with van der Waals surface area (Å²) in [6, 6.07) is 20.0. The molecule has 0 unspecified atom stereocenters. The molecule has 92 valence electrons. The fourth-order valence-corrected chi connectivity index (χ4v) is 3.72. The van der Waals surface area contributed by atoms with Crippen molar-refractivity contribution in [2.24, 2.45) is 0 Å². The molecule has 0 aliphatic heterocycles. The maximum absolute atomic E-state index is 2.29. The molecule has 0 nitrogen and oxygen atoms in total. The Hall–Kier alpha value is -2.47. The summed E-state index contributed by atoms with van der Waals surface area (Å²) >= 11 is 0. The molecule has 0 fully saturated rings. The van der Waals surface area contributed by atoms with Gasteiger partial charge >= 0.3 is 0 Å². The first-order valence-electron chi connectivity index (χ1n) is 7.12. The maximum Gasteiger partial charge on any atom is 0.113 e. The van der Waals surface area contributed by atoms with Gasteiger partial charge in [0.05, 0.1) is 11.8 Å². The Kier molecular flexibility index (Phi) is 1.83. The average molecular weight is 253 g/mol. The molecule has 0 saturated heterocycles. The normalized spacial score (nSPS) is 13.6. The van der Waals surface area contributed by atoms with Gasteiger partial charge < -0.3 is 0 Å². The number of benzene rings is 4. The van der Waals surface area contributed by atoms with Crippen LogP contribution in [0.5, 0.6) is 0 Å². The Labute approximate surface area is 117 Å². The van der Waals surface area contributed by atoms with Gasteiger partial charge in [0.25, 0.3) is 0 Å². The smallest absolute Gasteiger partial charge is 0.0616 e. The second-order valence-electron chi connectivity index (χ2n) is 5.56. The fourth-order valence-electron chi connectivity index (χ4n) is 3.72. The van der Waals surface area contributed by atoms with Crippen molar-refractivity contribution >= 4 is 38.4 Å². The molecule has 4 aromatic carbocycles. The minimum atomic E-state index is 1.04. The van der Waals surface area contributed by atoms with E-state index in [1.807, 2.05) is 0 Å². The third kappa shape index (κ3) is 1.14. The molecule has 0 amide bonds. The first kappa shape index (κ1) is 10.3. The van der Waals surface area contributed by atoms with Crippen LogP contribution < -0.4 is 5.22 Å². The first-order chi connectivity index (χ1) is 9.93. The van der Waals surface area contributed by atoms with Crippen molar-refractivity contribution in [3.63, 3.8) is 0 Å². The second-order valence-corrected chi connectivity index (χ2v) is 5.56. The van der Waals surface area contributed by atoms with E-state index in [0.29, 0.717) is 0 Å². The van der Waals surface area contributed by atoms with E-state index in [9.17, 15) is 0 Å². The molecule has 20 heavy (non-hydrogen) atoms. The van der Waals surface area contributed by atoms with Gasteiger partial charge in [0, 0.05) is 23.4 Å². The highest BCUT2D eigenvalue weighted by molar-refractivity contribution is 6.23. The van der Waals surface area contributed by atoms with Crippen molar-refractivity contribution < 1.29 is 0 Å². The summed E-state index contributed by atoms with van der Waals surface area (Å²) in [4.78, 5) is 0. The Bertz CT molecular complexity index is 1040. The molecule has 5 rings (SSSR count). The van der Waals surface area contributed by atoms with Gasteiger partial charge in [-0.1, -0.05) is 42.5 Å². The van der Waals surface area contributed by atoms with Crippen molar-refractivity contribution in [1.82, 2.24) is 0 Å². The zero-order valence-corrected chi connectivity index (χ0v) is 11.1. The van der Waals surface area contributed by atoms with Gasteiger partial charge in [0.1, 0.15) is 11.3 Å². The molecule has 1 aliphatic rings. The predicted octanol–water partition coefficient (Wildman–Crippen LogP) is 4.41. The first-order valence-corrected chi connectivity index (χ1v) is 7.12. The Morgan fingerprint density at radius 1 is 0.700 bits per heavy atom. The highest BCUT2D eigenvalue weighted by atomic mass is 14.2. The van der Waals surface area contributed by atoms with Gasteiger partial charge in [-0.25, -0.2) is 0 Å². The highest BCUT2D eigenvalue weighted by Crippen LogP contribution is 2.36. The van der Waals surface area contributed by atoms with Gasteiger partial charge in [-0.3, -0.25) is 0 Å². The highest BCUT2D eigenvalue weighted by Gasteiger charge is 2.20. The Balaban J connectivity index is 2.28. The monoisotopic (exact) mass is 253 g/mol. The molecule has 0 bridgehead atoms. The van der Waals surface area contributed by atoms with Crippen LogP contribution in [0.4, 0.5) is 0 Å². The van der Waals surface area contributed by atoms with E-state index in [0.717, 1.165) is 6.42 Å². The van der Waals surface area contributed by atoms with Crippen LogP contribution in [0.25, 0.3) is 38.4 Å². The molecule has 0 spiro atoms. The summed E-state index contributed by atoms with van der Waals surface area (Å²) in [5.74, 6) is 0. The van der Waals surface area contributed by atoms with Crippen LogP contribution in [0, 0.1) is 6.42 Å². The molecule has 0 radical (unpaired) electrons. The van der Waals surface area contributed by atoms with E-state index in [1.165, 1.54) is 43.1 Å². The van der Waals surface area contributed by atoms with E-state index in [2.05, 4.69) is 67.1 Å². The lowest BCUT2D eigenvalue weighted by molar-refractivity contribution is 1.24. The summed E-state index contributed by atoms with van der Waals surface area (Å²) in [6.45, 7) is 0. The van der Waals surface area contributed by atoms with Crippen LogP contribution in [0.15, 0.2) is 54.6 Å². The lowest BCUT2D eigenvalue weighted by Crippen LogP contribution is -2.10. The topological polar surface area (TPSA) is 0 Å². The van der Waals surface area contributed by atoms with Crippen LogP contribution in [0.1, 0.15) is 5.56 Å². The SMILES string of the molecule is C1=c2ccc3cccc4c5ccccc5c(c2c34)C[CH+]1. The third-order valence-electron chi connectivity index (χ3n) is 4.54. The summed E-state index contributed by atoms with van der Waals surface area (Å²) in [6.07, 6.45) is 5.59. The molecule has 0 heteroatoms. The van der Waals surface area contributed by atoms with Crippen LogP contribution in [0.2, 0.25) is 0 Å². The molecule has 1 aliphatic carbocycles. The van der Waals surface area contributed by atoms with E-state index >= 15 is 0 Å². The van der Waals surface area contributed by atoms with Crippen molar-refractivity contribution in [3.05, 3.63) is 71.8 Å². The lowest BCUT2D eigenvalue weighted by Gasteiger charge is -2.14. The minimum absolute atomic E-state index is 1.04. The second kappa shape index (κ2) is 3.55. The van der Waals surface area contributed by atoms with Crippen molar-refractivity contribution in [2.45, 2.75) is 6.42 Å². The van der Waals surface area contributed by atoms with Crippen LogP contribution in [0.3, 0.4) is 0 Å². The van der Waals surface area contributed by atoms with E-state index in [1.54, 1.807) is 0 Å². The zero-order chi connectivity index (χ0) is 13.1. The van der Waals surface area contributed by atoms with E-state index < -0.39 is 0 Å². The van der Waals surface area contributed by atoms with E-state index in [4.69, 9.17) is 0 Å². The third-order valence-corrected chi connectivity index (χ3v) is 4.54. The van der Waals surface area contributed by atoms with Crippen LogP contribution >= 0.6 is 0 Å². The summed E-state index contributed by atoms with van der Waals surface area (Å²) in [7, 11) is 0. The molecule has 0 atom stereocenters. The maximum atomic E-state index is 2.29. The molecule has 0 aromatic heterocycles. The summed E-state index contributed by atoms with van der Waals surface area (Å²) in [5.41, 5.74) is 1.49. The lowest BCUT2D eigenvalue weighted by atomic mass is 9.85. The van der Waals surface area contributed by atoms with Gasteiger partial charge in [-0.2, -0.15) is 0 Å². The standard InChI is InChI=1S/C20H13/c1-2-8-16-15(7-1)17-9-3-5-13-11-12-14-6-4-10-18(16)20(14)19(13)17/h1-9,11-12H,10H2/q+1. The van der Waals surface area contributed by atoms with Gasteiger partial charge in [-0.15, -0.1) is 0 Å². The zero-order valence-electron chi connectivity index (χ0n) is 11.1. The van der Waals surface area contributed by atoms with Crippen molar-refractivity contribution in [2.75, 3.05) is 0 Å². The van der Waals surface area contributed by atoms with Gasteiger partial charge in [0.2, 0.25) is 0 Å². The summed E-state index contributed by atoms with van der Waals surface area (Å²) < 4.78 is 0. The Morgan fingerprint density at radius 3 is 2.50 bits per heavy atom. The summed E-state index contributed by atoms with van der Waals surface area (Å²) in [5, 5.41) is 9.78. The van der Waals surface area contributed by atoms with Crippen molar-refractivity contribution in [3.8, 4) is 0 Å². The predicted molar refractivity (Wildman–Crippen MR) is 86.6 cm³/mol. The molecule has 4 aromatic rings. The Morgan fingerprint density at radius 2 is 1.55 bits per heavy atom. The minimum Gasteiger partial charge on any atom is -0.0616 e. The van der Waals surface area contributed by atoms with E-state index in [-0.39, 0.29) is 0 Å². The molecular formula is C20H13+. The molecule has 0 saturated carbocycles. The van der Waals surface area contributed by atoms with Crippen LogP contribution in [-0.2, 0) is 6.42 Å². The van der Waals surface area contributed by atoms with Gasteiger partial charge in [0.15, 0.2) is 0 Å². The largest absolute Gasteiger partial charge is 0.113 e. The molecule has 0 N–H and O–H groups in total. The van der Waals surface area contributed by atoms with Crippen LogP contribution in [-0.4, -0.2) is 0 Å². The quantitative estimate of drug-likeness (QED) is 0.247. The van der Waals surface area contributed by atoms with Gasteiger partial charge in [-0.05, 0) is 27.6 Å². The van der Waals surface area contributed by atoms with Crippen molar-refractivity contribution in [1.29, 1.82) is 0 Å². The number of hydrogen-bond acceptors (Lipinski definition) is 0. The average Bonchev–Trinajstić information content (AvgIpc) is 2.53. The number of rotatable bonds is 0. The number of fused-ring (bicyclic) bond motifs is 3. The fraction of sp³-hybridized carbons (Fsp3) is 0.0500.